The molecule has 0 spiro atoms. The molecule has 1 N–H and O–H groups in total. The van der Waals surface area contributed by atoms with Gasteiger partial charge >= 0.3 is 5.97 Å². The highest BCUT2D eigenvalue weighted by Crippen LogP contribution is 2.20. The van der Waals surface area contributed by atoms with Crippen molar-refractivity contribution in [1.29, 1.82) is 0 Å². The molecule has 1 aromatic carbocycles. The monoisotopic (exact) mass is 333 g/mol. The van der Waals surface area contributed by atoms with Crippen LogP contribution in [0.4, 0.5) is 0 Å². The summed E-state index contributed by atoms with van der Waals surface area (Å²) in [5, 5.41) is 3.39. The Morgan fingerprint density at radius 2 is 2.04 bits per heavy atom. The second kappa shape index (κ2) is 8.57. The lowest BCUT2D eigenvalue weighted by molar-refractivity contribution is -0.146. The number of piperidine rings is 1. The van der Waals surface area contributed by atoms with E-state index >= 15 is 0 Å². The number of nitrogens with zero attached hydrogens (tertiary/aromatic N) is 2. The van der Waals surface area contributed by atoms with Crippen LogP contribution in [-0.2, 0) is 16.1 Å². The minimum atomic E-state index is -0.107. The summed E-state index contributed by atoms with van der Waals surface area (Å²) in [4.78, 5) is 18.2. The Hall–Kier alpha value is -2.24. The maximum atomic E-state index is 11.6. The number of methoxy groups -OCH3 is 2. The first kappa shape index (κ1) is 18.1. The SMILES string of the molecule is CN=C(NCc1ccc(C)c(OC)c1)N1CCC(C(=O)OC)CC1. The van der Waals surface area contributed by atoms with Crippen molar-refractivity contribution >= 4 is 11.9 Å². The molecule has 132 valence electrons. The third kappa shape index (κ3) is 4.40. The summed E-state index contributed by atoms with van der Waals surface area (Å²) in [6.45, 7) is 4.31. The molecule has 0 aliphatic carbocycles. The van der Waals surface area contributed by atoms with Gasteiger partial charge in [0.2, 0.25) is 0 Å². The summed E-state index contributed by atoms with van der Waals surface area (Å²) < 4.78 is 10.2. The van der Waals surface area contributed by atoms with E-state index in [1.807, 2.05) is 13.0 Å². The van der Waals surface area contributed by atoms with Crippen molar-refractivity contribution < 1.29 is 14.3 Å². The van der Waals surface area contributed by atoms with Gasteiger partial charge in [-0.1, -0.05) is 12.1 Å². The summed E-state index contributed by atoms with van der Waals surface area (Å²) >= 11 is 0. The van der Waals surface area contributed by atoms with Crippen molar-refractivity contribution in [3.63, 3.8) is 0 Å². The molecule has 0 radical (unpaired) electrons. The van der Waals surface area contributed by atoms with Gasteiger partial charge in [0.15, 0.2) is 5.96 Å². The number of likely N-dealkylation sites (tertiary alicyclic amines) is 1. The normalized spacial score (nSPS) is 16.0. The van der Waals surface area contributed by atoms with Crippen LogP contribution in [0.25, 0.3) is 0 Å². The van der Waals surface area contributed by atoms with E-state index in [1.165, 1.54) is 7.11 Å². The fourth-order valence-corrected chi connectivity index (χ4v) is 2.98. The zero-order valence-corrected chi connectivity index (χ0v) is 15.0. The molecule has 0 amide bonds. The number of rotatable bonds is 4. The molecule has 0 bridgehead atoms. The van der Waals surface area contributed by atoms with Gasteiger partial charge in [-0.2, -0.15) is 0 Å². The fraction of sp³-hybridized carbons (Fsp3) is 0.556. The largest absolute Gasteiger partial charge is 0.496 e. The molecule has 24 heavy (non-hydrogen) atoms. The van der Waals surface area contributed by atoms with E-state index in [9.17, 15) is 4.79 Å². The number of hydrogen-bond acceptors (Lipinski definition) is 4. The van der Waals surface area contributed by atoms with Crippen molar-refractivity contribution in [3.8, 4) is 5.75 Å². The molecule has 2 rings (SSSR count). The van der Waals surface area contributed by atoms with E-state index in [0.717, 1.165) is 48.8 Å². The van der Waals surface area contributed by atoms with Gasteiger partial charge in [-0.3, -0.25) is 9.79 Å². The number of esters is 1. The van der Waals surface area contributed by atoms with Crippen LogP contribution >= 0.6 is 0 Å². The van der Waals surface area contributed by atoms with Gasteiger partial charge in [-0.15, -0.1) is 0 Å². The Morgan fingerprint density at radius 3 is 2.62 bits per heavy atom. The summed E-state index contributed by atoms with van der Waals surface area (Å²) in [5.74, 6) is 1.65. The maximum absolute atomic E-state index is 11.6. The first-order valence-corrected chi connectivity index (χ1v) is 8.26. The molecular formula is C18H27N3O3. The number of carbonyl (C=O) groups is 1. The molecule has 1 aromatic rings. The van der Waals surface area contributed by atoms with Crippen LogP contribution < -0.4 is 10.1 Å². The average molecular weight is 333 g/mol. The average Bonchev–Trinajstić information content (AvgIpc) is 2.63. The van der Waals surface area contributed by atoms with Gasteiger partial charge < -0.3 is 19.7 Å². The van der Waals surface area contributed by atoms with Crippen LogP contribution in [0.1, 0.15) is 24.0 Å². The molecule has 1 heterocycles. The number of aliphatic imine (C=N–C) groups is 1. The highest BCUT2D eigenvalue weighted by atomic mass is 16.5. The van der Waals surface area contributed by atoms with Gasteiger partial charge in [-0.05, 0) is 37.0 Å². The quantitative estimate of drug-likeness (QED) is 0.518. The summed E-state index contributed by atoms with van der Waals surface area (Å²) in [6.07, 6.45) is 1.59. The van der Waals surface area contributed by atoms with Crippen LogP contribution in [0.15, 0.2) is 23.2 Å². The fourth-order valence-electron chi connectivity index (χ4n) is 2.98. The Kier molecular flexibility index (Phi) is 6.46. The number of benzene rings is 1. The zero-order valence-electron chi connectivity index (χ0n) is 15.0. The third-order valence-electron chi connectivity index (χ3n) is 4.46. The molecule has 0 atom stereocenters. The Bertz CT molecular complexity index is 593. The predicted molar refractivity (Wildman–Crippen MR) is 94.2 cm³/mol. The zero-order chi connectivity index (χ0) is 17.5. The number of nitrogens with one attached hydrogen (secondary N) is 1. The Labute approximate surface area is 143 Å². The minimum absolute atomic E-state index is 0.00529. The van der Waals surface area contributed by atoms with Gasteiger partial charge in [0, 0.05) is 26.7 Å². The highest BCUT2D eigenvalue weighted by molar-refractivity contribution is 5.80. The molecule has 1 saturated heterocycles. The minimum Gasteiger partial charge on any atom is -0.496 e. The topological polar surface area (TPSA) is 63.2 Å². The van der Waals surface area contributed by atoms with Crippen LogP contribution in [0.2, 0.25) is 0 Å². The molecule has 1 fully saturated rings. The smallest absolute Gasteiger partial charge is 0.308 e. The summed E-state index contributed by atoms with van der Waals surface area (Å²) in [6, 6.07) is 6.18. The molecular weight excluding hydrogens is 306 g/mol. The molecule has 0 saturated carbocycles. The van der Waals surface area contributed by atoms with Crippen LogP contribution in [0, 0.1) is 12.8 Å². The van der Waals surface area contributed by atoms with Crippen molar-refractivity contribution in [2.24, 2.45) is 10.9 Å². The Balaban J connectivity index is 1.90. The molecule has 0 unspecified atom stereocenters. The van der Waals surface area contributed by atoms with E-state index in [0.29, 0.717) is 6.54 Å². The van der Waals surface area contributed by atoms with Gasteiger partial charge in [-0.25, -0.2) is 0 Å². The van der Waals surface area contributed by atoms with Crippen LogP contribution in [-0.4, -0.2) is 51.2 Å². The lowest BCUT2D eigenvalue weighted by Gasteiger charge is -2.33. The third-order valence-corrected chi connectivity index (χ3v) is 4.46. The van der Waals surface area contributed by atoms with Gasteiger partial charge in [0.05, 0.1) is 20.1 Å². The maximum Gasteiger partial charge on any atom is 0.308 e. The molecule has 1 aliphatic heterocycles. The second-order valence-electron chi connectivity index (χ2n) is 5.99. The predicted octanol–water partition coefficient (Wildman–Crippen LogP) is 1.96. The lowest BCUT2D eigenvalue weighted by Crippen LogP contribution is -2.46. The van der Waals surface area contributed by atoms with Gasteiger partial charge in [0.1, 0.15) is 5.75 Å². The van der Waals surface area contributed by atoms with Crippen LogP contribution in [0.5, 0.6) is 5.75 Å². The highest BCUT2D eigenvalue weighted by Gasteiger charge is 2.26. The molecule has 6 heteroatoms. The standard InChI is InChI=1S/C18H27N3O3/c1-13-5-6-14(11-16(13)23-3)12-20-18(19-2)21-9-7-15(8-10-21)17(22)24-4/h5-6,11,15H,7-10,12H2,1-4H3,(H,19,20). The van der Waals surface area contributed by atoms with Crippen molar-refractivity contribution in [3.05, 3.63) is 29.3 Å². The number of ether oxygens (including phenoxy) is 2. The number of aryl methyl sites for hydroxylation is 1. The number of hydrogen-bond donors (Lipinski definition) is 1. The van der Waals surface area contributed by atoms with Crippen molar-refractivity contribution in [2.45, 2.75) is 26.3 Å². The second-order valence-corrected chi connectivity index (χ2v) is 5.99. The van der Waals surface area contributed by atoms with Gasteiger partial charge in [0.25, 0.3) is 0 Å². The van der Waals surface area contributed by atoms with E-state index < -0.39 is 0 Å². The lowest BCUT2D eigenvalue weighted by atomic mass is 9.97. The van der Waals surface area contributed by atoms with Crippen LogP contribution in [0.3, 0.4) is 0 Å². The summed E-state index contributed by atoms with van der Waals surface area (Å²) in [7, 11) is 4.92. The van der Waals surface area contributed by atoms with E-state index in [2.05, 4.69) is 27.3 Å². The Morgan fingerprint density at radius 1 is 1.33 bits per heavy atom. The van der Waals surface area contributed by atoms with Crippen molar-refractivity contribution in [2.75, 3.05) is 34.4 Å². The number of carbonyl (C=O) groups excluding carboxylic acids is 1. The number of guanidine groups is 1. The van der Waals surface area contributed by atoms with Crippen molar-refractivity contribution in [1.82, 2.24) is 10.2 Å². The molecule has 0 aromatic heterocycles. The van der Waals surface area contributed by atoms with E-state index in [1.54, 1.807) is 14.2 Å². The first-order valence-electron chi connectivity index (χ1n) is 8.26. The molecule has 1 aliphatic rings. The summed E-state index contributed by atoms with van der Waals surface area (Å²) in [5.41, 5.74) is 2.26. The first-order chi connectivity index (χ1) is 11.6. The van der Waals surface area contributed by atoms with E-state index in [-0.39, 0.29) is 11.9 Å². The van der Waals surface area contributed by atoms with E-state index in [4.69, 9.17) is 9.47 Å². The molecule has 6 nitrogen and oxygen atoms in total.